The first-order valence-corrected chi connectivity index (χ1v) is 11.6. The minimum Gasteiger partial charge on any atom is -0.352 e. The number of nitrogens with zero attached hydrogens (tertiary/aromatic N) is 3. The lowest BCUT2D eigenvalue weighted by molar-refractivity contribution is 0.171. The second kappa shape index (κ2) is 7.00. The number of likely N-dealkylation sites (tertiary alicyclic amines) is 1. The summed E-state index contributed by atoms with van der Waals surface area (Å²) in [5.74, 6) is 0.178. The first-order chi connectivity index (χ1) is 14.0. The van der Waals surface area contributed by atoms with Crippen LogP contribution in [0.15, 0.2) is 36.0 Å². The molecule has 3 aromatic heterocycles. The van der Waals surface area contributed by atoms with Gasteiger partial charge in [0.1, 0.15) is 10.3 Å². The van der Waals surface area contributed by atoms with Crippen molar-refractivity contribution >= 4 is 54.5 Å². The van der Waals surface area contributed by atoms with E-state index in [1.54, 1.807) is 29.1 Å². The molecule has 0 spiro atoms. The molecule has 150 valence electrons. The molecule has 0 amide bonds. The summed E-state index contributed by atoms with van der Waals surface area (Å²) in [5.41, 5.74) is 3.56. The quantitative estimate of drug-likeness (QED) is 0.411. The summed E-state index contributed by atoms with van der Waals surface area (Å²) in [5, 5.41) is 4.34. The molecule has 1 aliphatic heterocycles. The maximum atomic E-state index is 14.9. The molecule has 0 unspecified atom stereocenters. The van der Waals surface area contributed by atoms with Gasteiger partial charge in [0.05, 0.1) is 21.6 Å². The van der Waals surface area contributed by atoms with E-state index < -0.39 is 0 Å². The van der Waals surface area contributed by atoms with Crippen molar-refractivity contribution < 1.29 is 4.39 Å². The van der Waals surface area contributed by atoms with Gasteiger partial charge in [0.25, 0.3) is 0 Å². The lowest BCUT2D eigenvalue weighted by Gasteiger charge is -2.35. The lowest BCUT2D eigenvalue weighted by atomic mass is 9.87. The highest BCUT2D eigenvalue weighted by atomic mass is 32.1. The number of rotatable bonds is 4. The number of fused-ring (bicyclic) bond motifs is 2. The molecule has 1 N–H and O–H groups in total. The van der Waals surface area contributed by atoms with E-state index in [1.807, 2.05) is 12.1 Å². The number of nitrogens with one attached hydrogen (secondary N) is 1. The largest absolute Gasteiger partial charge is 0.352 e. The number of halogens is 1. The zero-order chi connectivity index (χ0) is 20.2. The SMILES string of the molecule is CCN1CC[C@@H](c2cc3c(Nc4ccc5scnc5c4F)ccnc3s2)C1(C)C. The Morgan fingerprint density at radius 3 is 2.90 bits per heavy atom. The number of thiophene rings is 1. The second-order valence-corrected chi connectivity index (χ2v) is 10.0. The molecule has 1 saturated heterocycles. The summed E-state index contributed by atoms with van der Waals surface area (Å²) in [4.78, 5) is 13.6. The molecule has 5 rings (SSSR count). The van der Waals surface area contributed by atoms with Crippen molar-refractivity contribution in [2.75, 3.05) is 18.4 Å². The van der Waals surface area contributed by atoms with Gasteiger partial charge in [-0.15, -0.1) is 22.7 Å². The molecule has 4 nitrogen and oxygen atoms in total. The molecule has 29 heavy (non-hydrogen) atoms. The summed E-state index contributed by atoms with van der Waals surface area (Å²) in [7, 11) is 0. The number of hydrogen-bond donors (Lipinski definition) is 1. The molecule has 7 heteroatoms. The minimum absolute atomic E-state index is 0.130. The van der Waals surface area contributed by atoms with Crippen molar-refractivity contribution in [2.24, 2.45) is 0 Å². The number of anilines is 2. The van der Waals surface area contributed by atoms with Crippen LogP contribution in [0.2, 0.25) is 0 Å². The van der Waals surface area contributed by atoms with Gasteiger partial charge in [0, 0.05) is 27.9 Å². The number of pyridine rings is 1. The van der Waals surface area contributed by atoms with Crippen LogP contribution in [0.5, 0.6) is 0 Å². The summed E-state index contributed by atoms with van der Waals surface area (Å²) in [6, 6.07) is 7.87. The molecule has 1 fully saturated rings. The fourth-order valence-corrected chi connectivity index (χ4v) is 6.59. The summed E-state index contributed by atoms with van der Waals surface area (Å²) in [6.07, 6.45) is 2.95. The highest BCUT2D eigenvalue weighted by molar-refractivity contribution is 7.18. The normalized spacial score (nSPS) is 19.4. The predicted molar refractivity (Wildman–Crippen MR) is 121 cm³/mol. The molecular formula is C22H23FN4S2. The maximum absolute atomic E-state index is 14.9. The van der Waals surface area contributed by atoms with E-state index in [-0.39, 0.29) is 11.4 Å². The molecule has 4 heterocycles. The van der Waals surface area contributed by atoms with Crippen LogP contribution in [-0.2, 0) is 0 Å². The average molecular weight is 427 g/mol. The van der Waals surface area contributed by atoms with Crippen LogP contribution in [0.3, 0.4) is 0 Å². The Morgan fingerprint density at radius 2 is 2.10 bits per heavy atom. The Hall–Kier alpha value is -2.09. The number of hydrogen-bond acceptors (Lipinski definition) is 6. The minimum atomic E-state index is -0.306. The Balaban J connectivity index is 1.53. The lowest BCUT2D eigenvalue weighted by Crippen LogP contribution is -2.41. The number of thiazole rings is 1. The van der Waals surface area contributed by atoms with Crippen molar-refractivity contribution in [1.29, 1.82) is 0 Å². The van der Waals surface area contributed by atoms with Gasteiger partial charge in [-0.05, 0) is 57.6 Å². The van der Waals surface area contributed by atoms with Crippen LogP contribution in [0.25, 0.3) is 20.4 Å². The van der Waals surface area contributed by atoms with Crippen molar-refractivity contribution in [3.05, 3.63) is 46.7 Å². The van der Waals surface area contributed by atoms with Crippen molar-refractivity contribution in [3.63, 3.8) is 0 Å². The standard InChI is InChI=1S/C22H23FN4S2/c1-4-27-10-8-14(22(27,2)3)18-11-13-15(7-9-24-21(13)29-18)26-16-5-6-17-20(19(16)23)25-12-28-17/h5-7,9,11-12,14H,4,8,10H2,1-3H3,(H,24,26)/t14-/m0/s1. The predicted octanol–water partition coefficient (Wildman–Crippen LogP) is 6.38. The summed E-state index contributed by atoms with van der Waals surface area (Å²) < 4.78 is 15.7. The highest BCUT2D eigenvalue weighted by Gasteiger charge is 2.41. The number of likely N-dealkylation sites (N-methyl/N-ethyl adjacent to an activating group) is 1. The van der Waals surface area contributed by atoms with Crippen molar-refractivity contribution in [1.82, 2.24) is 14.9 Å². The first-order valence-electron chi connectivity index (χ1n) is 9.91. The van der Waals surface area contributed by atoms with E-state index >= 15 is 0 Å². The topological polar surface area (TPSA) is 41.0 Å². The monoisotopic (exact) mass is 426 g/mol. The Morgan fingerprint density at radius 1 is 1.24 bits per heavy atom. The number of aromatic nitrogens is 2. The second-order valence-electron chi connectivity index (χ2n) is 8.05. The van der Waals surface area contributed by atoms with Gasteiger partial charge < -0.3 is 5.32 Å². The van der Waals surface area contributed by atoms with E-state index in [0.717, 1.165) is 40.1 Å². The van der Waals surface area contributed by atoms with Crippen LogP contribution in [-0.4, -0.2) is 33.5 Å². The third-order valence-electron chi connectivity index (χ3n) is 6.25. The average Bonchev–Trinajstić information content (AvgIpc) is 3.40. The van der Waals surface area contributed by atoms with E-state index in [4.69, 9.17) is 0 Å². The first kappa shape index (κ1) is 18.9. The molecule has 1 atom stereocenters. The van der Waals surface area contributed by atoms with Gasteiger partial charge in [-0.3, -0.25) is 4.90 Å². The Bertz CT molecular complexity index is 1200. The van der Waals surface area contributed by atoms with E-state index in [2.05, 4.69) is 47.0 Å². The molecule has 0 bridgehead atoms. The molecule has 0 saturated carbocycles. The molecule has 1 aromatic carbocycles. The van der Waals surface area contributed by atoms with Gasteiger partial charge in [-0.1, -0.05) is 6.92 Å². The highest BCUT2D eigenvalue weighted by Crippen LogP contribution is 2.46. The molecule has 1 aliphatic rings. The molecule has 0 radical (unpaired) electrons. The van der Waals surface area contributed by atoms with Crippen LogP contribution in [0.1, 0.15) is 38.0 Å². The summed E-state index contributed by atoms with van der Waals surface area (Å²) in [6.45, 7) is 9.09. The maximum Gasteiger partial charge on any atom is 0.173 e. The van der Waals surface area contributed by atoms with Crippen LogP contribution in [0, 0.1) is 5.82 Å². The molecular weight excluding hydrogens is 403 g/mol. The van der Waals surface area contributed by atoms with Crippen molar-refractivity contribution in [2.45, 2.75) is 38.6 Å². The fraction of sp³-hybridized carbons (Fsp3) is 0.364. The van der Waals surface area contributed by atoms with E-state index in [9.17, 15) is 4.39 Å². The third kappa shape index (κ3) is 3.03. The summed E-state index contributed by atoms with van der Waals surface area (Å²) >= 11 is 3.21. The van der Waals surface area contributed by atoms with Gasteiger partial charge in [0.15, 0.2) is 5.82 Å². The van der Waals surface area contributed by atoms with Gasteiger partial charge in [-0.2, -0.15) is 0 Å². The van der Waals surface area contributed by atoms with E-state index in [1.165, 1.54) is 16.2 Å². The van der Waals surface area contributed by atoms with Crippen molar-refractivity contribution in [3.8, 4) is 0 Å². The van der Waals surface area contributed by atoms with E-state index in [0.29, 0.717) is 17.1 Å². The fourth-order valence-electron chi connectivity index (χ4n) is 4.58. The van der Waals surface area contributed by atoms with Crippen LogP contribution < -0.4 is 5.32 Å². The zero-order valence-corrected chi connectivity index (χ0v) is 18.3. The van der Waals surface area contributed by atoms with Gasteiger partial charge in [0.2, 0.25) is 0 Å². The van der Waals surface area contributed by atoms with Gasteiger partial charge in [-0.25, -0.2) is 14.4 Å². The van der Waals surface area contributed by atoms with Gasteiger partial charge >= 0.3 is 0 Å². The zero-order valence-electron chi connectivity index (χ0n) is 16.7. The number of benzene rings is 1. The Kier molecular flexibility index (Phi) is 4.57. The molecule has 4 aromatic rings. The Labute approximate surface area is 177 Å². The smallest absolute Gasteiger partial charge is 0.173 e. The molecule has 0 aliphatic carbocycles. The van der Waals surface area contributed by atoms with Crippen LogP contribution in [0.4, 0.5) is 15.8 Å². The third-order valence-corrected chi connectivity index (χ3v) is 8.20. The van der Waals surface area contributed by atoms with Crippen LogP contribution >= 0.6 is 22.7 Å².